The van der Waals surface area contributed by atoms with Crippen LogP contribution < -0.4 is 11.1 Å². The van der Waals surface area contributed by atoms with Gasteiger partial charge in [-0.15, -0.1) is 11.3 Å². The molecule has 1 aromatic carbocycles. The normalized spacial score (nSPS) is 10.2. The fraction of sp³-hybridized carbons (Fsp3) is 0.143. The molecule has 7 heteroatoms. The van der Waals surface area contributed by atoms with Crippen molar-refractivity contribution in [3.05, 3.63) is 45.8 Å². The van der Waals surface area contributed by atoms with E-state index < -0.39 is 11.9 Å². The molecule has 110 valence electrons. The molecule has 0 saturated carbocycles. The lowest BCUT2D eigenvalue weighted by Gasteiger charge is -2.08. The summed E-state index contributed by atoms with van der Waals surface area (Å²) in [6.45, 7) is 1.98. The van der Waals surface area contributed by atoms with Crippen molar-refractivity contribution < 1.29 is 14.3 Å². The summed E-state index contributed by atoms with van der Waals surface area (Å²) in [4.78, 5) is 24.0. The first-order chi connectivity index (χ1) is 10.0. The Hall–Kier alpha value is -2.05. The van der Waals surface area contributed by atoms with Crippen LogP contribution in [0.15, 0.2) is 29.6 Å². The van der Waals surface area contributed by atoms with Gasteiger partial charge in [0.1, 0.15) is 5.00 Å². The molecule has 2 aromatic rings. The van der Waals surface area contributed by atoms with Crippen molar-refractivity contribution in [1.29, 1.82) is 0 Å². The number of nitrogens with two attached hydrogens (primary N) is 1. The molecule has 0 radical (unpaired) electrons. The topological polar surface area (TPSA) is 81.4 Å². The fourth-order valence-corrected chi connectivity index (χ4v) is 2.64. The molecule has 0 atom stereocenters. The van der Waals surface area contributed by atoms with Crippen LogP contribution in [0.3, 0.4) is 0 Å². The van der Waals surface area contributed by atoms with Crippen LogP contribution in [0.5, 0.6) is 0 Å². The Bertz CT molecular complexity index is 685. The van der Waals surface area contributed by atoms with E-state index in [-0.39, 0.29) is 17.2 Å². The molecular weight excluding hydrogens is 312 g/mol. The Morgan fingerprint density at radius 1 is 1.33 bits per heavy atom. The second-order valence-corrected chi connectivity index (χ2v) is 5.40. The van der Waals surface area contributed by atoms with Gasteiger partial charge in [-0.1, -0.05) is 11.6 Å². The van der Waals surface area contributed by atoms with Gasteiger partial charge in [-0.05, 0) is 36.6 Å². The minimum absolute atomic E-state index is 0.250. The molecule has 0 bridgehead atoms. The monoisotopic (exact) mass is 324 g/mol. The number of anilines is 2. The number of esters is 1. The van der Waals surface area contributed by atoms with Crippen LogP contribution in [0.4, 0.5) is 10.7 Å². The standard InChI is InChI=1S/C14H13ClN2O3S/c1-2-20-14(19)9-5-6-21-13(9)17-12(18)10-7-8(16)3-4-11(10)15/h3-7H,2,16H2,1H3,(H,17,18). The molecule has 1 amide bonds. The quantitative estimate of drug-likeness (QED) is 0.667. The number of benzene rings is 1. The average molecular weight is 325 g/mol. The first-order valence-corrected chi connectivity index (χ1v) is 7.39. The number of nitrogens with one attached hydrogen (secondary N) is 1. The van der Waals surface area contributed by atoms with Gasteiger partial charge in [0.25, 0.3) is 5.91 Å². The van der Waals surface area contributed by atoms with Crippen LogP contribution in [0.1, 0.15) is 27.6 Å². The molecule has 0 fully saturated rings. The number of amides is 1. The molecule has 21 heavy (non-hydrogen) atoms. The Labute approximate surface area is 130 Å². The second kappa shape index (κ2) is 6.60. The van der Waals surface area contributed by atoms with Crippen molar-refractivity contribution in [2.45, 2.75) is 6.92 Å². The third-order valence-electron chi connectivity index (χ3n) is 2.62. The van der Waals surface area contributed by atoms with E-state index >= 15 is 0 Å². The number of hydrogen-bond acceptors (Lipinski definition) is 5. The van der Waals surface area contributed by atoms with Crippen LogP contribution in [-0.2, 0) is 4.74 Å². The van der Waals surface area contributed by atoms with E-state index in [0.29, 0.717) is 16.3 Å². The predicted molar refractivity (Wildman–Crippen MR) is 84.1 cm³/mol. The lowest BCUT2D eigenvalue weighted by molar-refractivity contribution is 0.0528. The molecule has 0 saturated heterocycles. The number of ether oxygens (including phenoxy) is 1. The van der Waals surface area contributed by atoms with Crippen molar-refractivity contribution in [2.24, 2.45) is 0 Å². The molecule has 0 aliphatic rings. The van der Waals surface area contributed by atoms with Gasteiger partial charge in [-0.2, -0.15) is 0 Å². The molecule has 0 unspecified atom stereocenters. The highest BCUT2D eigenvalue weighted by molar-refractivity contribution is 7.14. The zero-order valence-corrected chi connectivity index (χ0v) is 12.8. The number of carbonyl (C=O) groups excluding carboxylic acids is 2. The van der Waals surface area contributed by atoms with Crippen LogP contribution in [0.25, 0.3) is 0 Å². The van der Waals surface area contributed by atoms with Crippen LogP contribution in [-0.4, -0.2) is 18.5 Å². The van der Waals surface area contributed by atoms with Crippen molar-refractivity contribution in [3.63, 3.8) is 0 Å². The molecule has 5 nitrogen and oxygen atoms in total. The fourth-order valence-electron chi connectivity index (χ4n) is 1.66. The summed E-state index contributed by atoms with van der Waals surface area (Å²) in [7, 11) is 0. The van der Waals surface area contributed by atoms with Gasteiger partial charge in [0.05, 0.1) is 22.8 Å². The molecule has 2 rings (SSSR count). The Morgan fingerprint density at radius 3 is 2.81 bits per heavy atom. The van der Waals surface area contributed by atoms with Gasteiger partial charge in [0, 0.05) is 5.69 Å². The highest BCUT2D eigenvalue weighted by Gasteiger charge is 2.18. The van der Waals surface area contributed by atoms with E-state index in [1.165, 1.54) is 17.4 Å². The summed E-state index contributed by atoms with van der Waals surface area (Å²) in [5.41, 5.74) is 6.64. The van der Waals surface area contributed by atoms with Gasteiger partial charge in [0.15, 0.2) is 0 Å². The minimum atomic E-state index is -0.479. The summed E-state index contributed by atoms with van der Waals surface area (Å²) in [5.74, 6) is -0.909. The van der Waals surface area contributed by atoms with Gasteiger partial charge in [-0.25, -0.2) is 4.79 Å². The summed E-state index contributed by atoms with van der Waals surface area (Å²) in [5, 5.41) is 5.05. The van der Waals surface area contributed by atoms with Crippen molar-refractivity contribution in [3.8, 4) is 0 Å². The molecule has 1 heterocycles. The SMILES string of the molecule is CCOC(=O)c1ccsc1NC(=O)c1cc(N)ccc1Cl. The Kier molecular flexibility index (Phi) is 4.82. The van der Waals surface area contributed by atoms with E-state index in [1.54, 1.807) is 30.5 Å². The first kappa shape index (κ1) is 15.3. The number of halogens is 1. The van der Waals surface area contributed by atoms with Gasteiger partial charge in [-0.3, -0.25) is 4.79 Å². The summed E-state index contributed by atoms with van der Waals surface area (Å²) in [6, 6.07) is 6.23. The minimum Gasteiger partial charge on any atom is -0.462 e. The lowest BCUT2D eigenvalue weighted by atomic mass is 10.2. The Balaban J connectivity index is 2.22. The van der Waals surface area contributed by atoms with Crippen LogP contribution in [0, 0.1) is 0 Å². The molecule has 3 N–H and O–H groups in total. The summed E-state index contributed by atoms with van der Waals surface area (Å²) < 4.78 is 4.93. The van der Waals surface area contributed by atoms with Gasteiger partial charge >= 0.3 is 5.97 Å². The molecular formula is C14H13ClN2O3S. The molecule has 0 spiro atoms. The maximum absolute atomic E-state index is 12.2. The van der Waals surface area contributed by atoms with E-state index in [9.17, 15) is 9.59 Å². The summed E-state index contributed by atoms with van der Waals surface area (Å²) >= 11 is 7.21. The average Bonchev–Trinajstić information content (AvgIpc) is 2.90. The smallest absolute Gasteiger partial charge is 0.341 e. The van der Waals surface area contributed by atoms with Crippen molar-refractivity contribution in [1.82, 2.24) is 0 Å². The third-order valence-corrected chi connectivity index (χ3v) is 3.78. The van der Waals surface area contributed by atoms with Crippen LogP contribution in [0.2, 0.25) is 5.02 Å². The third kappa shape index (κ3) is 3.53. The number of thiophene rings is 1. The molecule has 0 aliphatic carbocycles. The zero-order chi connectivity index (χ0) is 15.4. The molecule has 0 aliphatic heterocycles. The number of rotatable bonds is 4. The second-order valence-electron chi connectivity index (χ2n) is 4.08. The highest BCUT2D eigenvalue weighted by atomic mass is 35.5. The Morgan fingerprint density at radius 2 is 2.10 bits per heavy atom. The van der Waals surface area contributed by atoms with E-state index in [2.05, 4.69) is 5.32 Å². The summed E-state index contributed by atoms with van der Waals surface area (Å²) in [6.07, 6.45) is 0. The number of nitrogen functional groups attached to an aromatic ring is 1. The van der Waals surface area contributed by atoms with Crippen molar-refractivity contribution >= 4 is 45.5 Å². The predicted octanol–water partition coefficient (Wildman–Crippen LogP) is 3.41. The zero-order valence-electron chi connectivity index (χ0n) is 11.2. The lowest BCUT2D eigenvalue weighted by Crippen LogP contribution is -2.15. The molecule has 1 aromatic heterocycles. The van der Waals surface area contributed by atoms with Crippen molar-refractivity contribution in [2.75, 3.05) is 17.7 Å². The maximum Gasteiger partial charge on any atom is 0.341 e. The van der Waals surface area contributed by atoms with E-state index in [0.717, 1.165) is 0 Å². The van der Waals surface area contributed by atoms with Gasteiger partial charge < -0.3 is 15.8 Å². The number of hydrogen-bond donors (Lipinski definition) is 2. The largest absolute Gasteiger partial charge is 0.462 e. The maximum atomic E-state index is 12.2. The van der Waals surface area contributed by atoms with E-state index in [1.807, 2.05) is 0 Å². The number of carbonyl (C=O) groups is 2. The van der Waals surface area contributed by atoms with Gasteiger partial charge in [0.2, 0.25) is 0 Å². The van der Waals surface area contributed by atoms with E-state index in [4.69, 9.17) is 22.1 Å². The van der Waals surface area contributed by atoms with Crippen LogP contribution >= 0.6 is 22.9 Å². The first-order valence-electron chi connectivity index (χ1n) is 6.14. The highest BCUT2D eigenvalue weighted by Crippen LogP contribution is 2.26.